The second kappa shape index (κ2) is 5.28. The molecular weight excluding hydrogens is 258 g/mol. The average Bonchev–Trinajstić information content (AvgIpc) is 2.20. The van der Waals surface area contributed by atoms with Crippen molar-refractivity contribution < 1.29 is 9.90 Å². The van der Waals surface area contributed by atoms with Crippen LogP contribution in [0.3, 0.4) is 0 Å². The zero-order valence-corrected chi connectivity index (χ0v) is 10.4. The number of benzene rings is 1. The van der Waals surface area contributed by atoms with Crippen LogP contribution in [0.5, 0.6) is 0 Å². The van der Waals surface area contributed by atoms with Gasteiger partial charge < -0.3 is 10.0 Å². The Labute approximate surface area is 97.8 Å². The van der Waals surface area contributed by atoms with Gasteiger partial charge in [-0.3, -0.25) is 4.79 Å². The number of amides is 1. The molecule has 15 heavy (non-hydrogen) atoms. The third kappa shape index (κ3) is 3.32. The Hall–Kier alpha value is -0.870. The van der Waals surface area contributed by atoms with Crippen LogP contribution in [0, 0.1) is 0 Å². The number of nitrogens with zero attached hydrogens (tertiary/aromatic N) is 1. The van der Waals surface area contributed by atoms with E-state index in [-0.39, 0.29) is 5.91 Å². The Bertz CT molecular complexity index is 352. The maximum absolute atomic E-state index is 11.4. The van der Waals surface area contributed by atoms with Crippen molar-refractivity contribution in [3.05, 3.63) is 34.3 Å². The molecule has 0 saturated heterocycles. The van der Waals surface area contributed by atoms with Crippen LogP contribution in [0.15, 0.2) is 28.7 Å². The molecule has 1 aromatic carbocycles. The molecule has 0 heterocycles. The number of carbonyl (C=O) groups excluding carboxylic acids is 1. The molecule has 0 aliphatic heterocycles. The van der Waals surface area contributed by atoms with E-state index in [0.29, 0.717) is 6.54 Å². The van der Waals surface area contributed by atoms with Gasteiger partial charge in [-0.2, -0.15) is 0 Å². The molecule has 0 aromatic heterocycles. The fourth-order valence-corrected chi connectivity index (χ4v) is 1.69. The van der Waals surface area contributed by atoms with E-state index in [4.69, 9.17) is 5.11 Å². The van der Waals surface area contributed by atoms with Gasteiger partial charge in [0.15, 0.2) is 0 Å². The van der Waals surface area contributed by atoms with Crippen molar-refractivity contribution in [3.8, 4) is 0 Å². The fraction of sp³-hybridized carbons (Fsp3) is 0.364. The molecule has 0 saturated carbocycles. The molecule has 1 rings (SSSR count). The van der Waals surface area contributed by atoms with E-state index in [0.717, 1.165) is 10.0 Å². The van der Waals surface area contributed by atoms with Gasteiger partial charge in [0, 0.05) is 18.1 Å². The van der Waals surface area contributed by atoms with Gasteiger partial charge in [0.1, 0.15) is 6.10 Å². The van der Waals surface area contributed by atoms with E-state index in [1.165, 1.54) is 11.8 Å². The SMILES string of the molecule is CC(O)C(=O)N(C)Cc1ccccc1Br. The number of hydrogen-bond acceptors (Lipinski definition) is 2. The number of halogens is 1. The van der Waals surface area contributed by atoms with E-state index in [1.54, 1.807) is 7.05 Å². The third-order valence-corrected chi connectivity index (χ3v) is 2.87. The number of hydrogen-bond donors (Lipinski definition) is 1. The van der Waals surface area contributed by atoms with Gasteiger partial charge in [0.2, 0.25) is 0 Å². The molecule has 1 N–H and O–H groups in total. The highest BCUT2D eigenvalue weighted by Crippen LogP contribution is 2.17. The predicted octanol–water partition coefficient (Wildman–Crippen LogP) is 1.79. The van der Waals surface area contributed by atoms with Gasteiger partial charge in [-0.15, -0.1) is 0 Å². The van der Waals surface area contributed by atoms with Gasteiger partial charge >= 0.3 is 0 Å². The van der Waals surface area contributed by atoms with Crippen LogP contribution in [0.25, 0.3) is 0 Å². The first-order valence-electron chi connectivity index (χ1n) is 4.69. The first-order chi connectivity index (χ1) is 7.02. The van der Waals surface area contributed by atoms with Crippen LogP contribution >= 0.6 is 15.9 Å². The molecule has 1 amide bonds. The molecule has 1 aromatic rings. The van der Waals surface area contributed by atoms with Crippen LogP contribution in [0.4, 0.5) is 0 Å². The lowest BCUT2D eigenvalue weighted by molar-refractivity contribution is -0.138. The van der Waals surface area contributed by atoms with E-state index in [2.05, 4.69) is 15.9 Å². The summed E-state index contributed by atoms with van der Waals surface area (Å²) in [6, 6.07) is 7.71. The van der Waals surface area contributed by atoms with Crippen molar-refractivity contribution in [1.82, 2.24) is 4.90 Å². The Morgan fingerprint density at radius 3 is 2.67 bits per heavy atom. The summed E-state index contributed by atoms with van der Waals surface area (Å²) in [5.41, 5.74) is 1.02. The first kappa shape index (κ1) is 12.2. The molecule has 1 unspecified atom stereocenters. The maximum atomic E-state index is 11.4. The van der Waals surface area contributed by atoms with Gasteiger partial charge in [-0.25, -0.2) is 0 Å². The molecule has 4 heteroatoms. The summed E-state index contributed by atoms with van der Waals surface area (Å²) < 4.78 is 0.968. The largest absolute Gasteiger partial charge is 0.384 e. The van der Waals surface area contributed by atoms with E-state index in [9.17, 15) is 4.79 Å². The minimum Gasteiger partial charge on any atom is -0.384 e. The van der Waals surface area contributed by atoms with Crippen molar-refractivity contribution in [2.45, 2.75) is 19.6 Å². The Kier molecular flexibility index (Phi) is 4.29. The molecule has 1 atom stereocenters. The van der Waals surface area contributed by atoms with Crippen molar-refractivity contribution in [1.29, 1.82) is 0 Å². The molecule has 0 bridgehead atoms. The summed E-state index contributed by atoms with van der Waals surface area (Å²) in [6.45, 7) is 1.96. The molecule has 0 fully saturated rings. The number of likely N-dealkylation sites (N-methyl/N-ethyl adjacent to an activating group) is 1. The van der Waals surface area contributed by atoms with Crippen LogP contribution in [0.1, 0.15) is 12.5 Å². The number of rotatable bonds is 3. The molecule has 0 aliphatic carbocycles. The minimum atomic E-state index is -0.947. The van der Waals surface area contributed by atoms with E-state index < -0.39 is 6.10 Å². The lowest BCUT2D eigenvalue weighted by Crippen LogP contribution is -2.34. The van der Waals surface area contributed by atoms with Crippen LogP contribution in [-0.4, -0.2) is 29.1 Å². The summed E-state index contributed by atoms with van der Waals surface area (Å²) in [6.07, 6.45) is -0.947. The molecule has 3 nitrogen and oxygen atoms in total. The first-order valence-corrected chi connectivity index (χ1v) is 5.48. The topological polar surface area (TPSA) is 40.5 Å². The maximum Gasteiger partial charge on any atom is 0.251 e. The van der Waals surface area contributed by atoms with Gasteiger partial charge in [0.05, 0.1) is 0 Å². The van der Waals surface area contributed by atoms with Crippen molar-refractivity contribution in [2.75, 3.05) is 7.05 Å². The fourth-order valence-electron chi connectivity index (χ4n) is 1.28. The van der Waals surface area contributed by atoms with Crippen molar-refractivity contribution >= 4 is 21.8 Å². The van der Waals surface area contributed by atoms with Gasteiger partial charge in [0.25, 0.3) is 5.91 Å². The normalized spacial score (nSPS) is 12.3. The molecule has 82 valence electrons. The predicted molar refractivity (Wildman–Crippen MR) is 62.3 cm³/mol. The second-order valence-corrected chi connectivity index (χ2v) is 4.32. The van der Waals surface area contributed by atoms with Crippen molar-refractivity contribution in [3.63, 3.8) is 0 Å². The third-order valence-electron chi connectivity index (χ3n) is 2.10. The number of aliphatic hydroxyl groups is 1. The summed E-state index contributed by atoms with van der Waals surface area (Å²) in [5.74, 6) is -0.272. The summed E-state index contributed by atoms with van der Waals surface area (Å²) in [7, 11) is 1.68. The second-order valence-electron chi connectivity index (χ2n) is 3.46. The molecule has 0 spiro atoms. The quantitative estimate of drug-likeness (QED) is 0.911. The standard InChI is InChI=1S/C11H14BrNO2/c1-8(14)11(15)13(2)7-9-5-3-4-6-10(9)12/h3-6,8,14H,7H2,1-2H3. The average molecular weight is 272 g/mol. The summed E-state index contributed by atoms with van der Waals surface area (Å²) in [4.78, 5) is 12.9. The highest BCUT2D eigenvalue weighted by Gasteiger charge is 2.15. The van der Waals surface area contributed by atoms with Crippen molar-refractivity contribution in [2.24, 2.45) is 0 Å². The zero-order valence-electron chi connectivity index (χ0n) is 8.77. The zero-order chi connectivity index (χ0) is 11.4. The molecule has 0 radical (unpaired) electrons. The monoisotopic (exact) mass is 271 g/mol. The van der Waals surface area contributed by atoms with Crippen LogP contribution in [0.2, 0.25) is 0 Å². The number of carbonyl (C=O) groups is 1. The molecule has 0 aliphatic rings. The van der Waals surface area contributed by atoms with E-state index in [1.807, 2.05) is 24.3 Å². The Morgan fingerprint density at radius 1 is 1.53 bits per heavy atom. The van der Waals surface area contributed by atoms with Crippen LogP contribution in [-0.2, 0) is 11.3 Å². The van der Waals surface area contributed by atoms with Gasteiger partial charge in [-0.05, 0) is 18.6 Å². The van der Waals surface area contributed by atoms with Gasteiger partial charge in [-0.1, -0.05) is 34.1 Å². The Balaban J connectivity index is 2.71. The molecular formula is C11H14BrNO2. The van der Waals surface area contributed by atoms with Crippen LogP contribution < -0.4 is 0 Å². The highest BCUT2D eigenvalue weighted by atomic mass is 79.9. The lowest BCUT2D eigenvalue weighted by atomic mass is 10.2. The Morgan fingerprint density at radius 2 is 2.13 bits per heavy atom. The smallest absolute Gasteiger partial charge is 0.251 e. The number of aliphatic hydroxyl groups excluding tert-OH is 1. The van der Waals surface area contributed by atoms with E-state index >= 15 is 0 Å². The summed E-state index contributed by atoms with van der Waals surface area (Å²) in [5, 5.41) is 9.14. The summed E-state index contributed by atoms with van der Waals surface area (Å²) >= 11 is 3.41. The minimum absolute atomic E-state index is 0.272. The highest BCUT2D eigenvalue weighted by molar-refractivity contribution is 9.10. The lowest BCUT2D eigenvalue weighted by Gasteiger charge is -2.19.